The first-order valence-corrected chi connectivity index (χ1v) is 5.69. The summed E-state index contributed by atoms with van der Waals surface area (Å²) in [4.78, 5) is 0. The highest BCUT2D eigenvalue weighted by atomic mass is 14.9. The fourth-order valence-electron chi connectivity index (χ4n) is 1.85. The van der Waals surface area contributed by atoms with Crippen molar-refractivity contribution in [3.63, 3.8) is 0 Å². The summed E-state index contributed by atoms with van der Waals surface area (Å²) in [5, 5.41) is 1.26. The van der Waals surface area contributed by atoms with Gasteiger partial charge in [-0.1, -0.05) is 31.2 Å². The Bertz CT molecular complexity index is 508. The van der Waals surface area contributed by atoms with E-state index in [1.807, 2.05) is 0 Å². The van der Waals surface area contributed by atoms with Crippen LogP contribution in [0.3, 0.4) is 0 Å². The van der Waals surface area contributed by atoms with Crippen LogP contribution < -0.4 is 5.73 Å². The molecule has 0 spiro atoms. The Hall–Kier alpha value is -1.54. The number of benzene rings is 1. The summed E-state index contributed by atoms with van der Waals surface area (Å²) < 4.78 is 2.24. The highest BCUT2D eigenvalue weighted by molar-refractivity contribution is 5.80. The van der Waals surface area contributed by atoms with Gasteiger partial charge >= 0.3 is 0 Å². The molecule has 0 unspecified atom stereocenters. The molecule has 0 atom stereocenters. The number of allylic oxidation sites excluding steroid dienone is 1. The molecular formula is C14H18N2. The van der Waals surface area contributed by atoms with Gasteiger partial charge in [0.1, 0.15) is 0 Å². The van der Waals surface area contributed by atoms with Crippen LogP contribution in [-0.4, -0.2) is 4.57 Å². The van der Waals surface area contributed by atoms with Crippen LogP contribution in [0, 0.1) is 0 Å². The first kappa shape index (κ1) is 11.0. The molecule has 1 aromatic heterocycles. The Kier molecular flexibility index (Phi) is 3.11. The van der Waals surface area contributed by atoms with E-state index in [-0.39, 0.29) is 0 Å². The number of fused-ring (bicyclic) bond motifs is 1. The number of rotatable bonds is 4. The van der Waals surface area contributed by atoms with Gasteiger partial charge in [-0.25, -0.2) is 0 Å². The molecule has 0 bridgehead atoms. The number of aromatic nitrogens is 1. The maximum atomic E-state index is 5.66. The van der Waals surface area contributed by atoms with Crippen molar-refractivity contribution in [2.75, 3.05) is 0 Å². The van der Waals surface area contributed by atoms with Crippen LogP contribution in [0.25, 0.3) is 10.9 Å². The summed E-state index contributed by atoms with van der Waals surface area (Å²) in [6, 6.07) is 8.51. The Morgan fingerprint density at radius 2 is 2.19 bits per heavy atom. The summed E-state index contributed by atoms with van der Waals surface area (Å²) >= 11 is 0. The Balaban J connectivity index is 2.41. The zero-order valence-electron chi connectivity index (χ0n) is 9.74. The van der Waals surface area contributed by atoms with Gasteiger partial charge in [-0.15, -0.1) is 0 Å². The van der Waals surface area contributed by atoms with E-state index in [0.717, 1.165) is 13.0 Å². The molecule has 0 amide bonds. The highest BCUT2D eigenvalue weighted by Crippen LogP contribution is 2.19. The predicted molar refractivity (Wildman–Crippen MR) is 69.3 cm³/mol. The van der Waals surface area contributed by atoms with Crippen LogP contribution in [0.15, 0.2) is 42.6 Å². The lowest BCUT2D eigenvalue weighted by molar-refractivity contribution is 0.790. The second-order valence-corrected chi connectivity index (χ2v) is 4.14. The van der Waals surface area contributed by atoms with E-state index in [2.05, 4.69) is 48.5 Å². The van der Waals surface area contributed by atoms with E-state index in [9.17, 15) is 0 Å². The van der Waals surface area contributed by atoms with Gasteiger partial charge in [-0.3, -0.25) is 0 Å². The minimum absolute atomic E-state index is 0.593. The lowest BCUT2D eigenvalue weighted by Crippen LogP contribution is -2.00. The number of nitrogens with two attached hydrogens (primary N) is 1. The second kappa shape index (κ2) is 4.54. The predicted octanol–water partition coefficient (Wildman–Crippen LogP) is 3.07. The maximum absolute atomic E-state index is 5.66. The molecule has 2 rings (SSSR count). The summed E-state index contributed by atoms with van der Waals surface area (Å²) in [7, 11) is 0. The molecule has 16 heavy (non-hydrogen) atoms. The van der Waals surface area contributed by atoms with Crippen molar-refractivity contribution in [3.8, 4) is 0 Å². The van der Waals surface area contributed by atoms with Gasteiger partial charge in [0.05, 0.1) is 0 Å². The van der Waals surface area contributed by atoms with Crippen LogP contribution in [0.1, 0.15) is 18.9 Å². The summed E-state index contributed by atoms with van der Waals surface area (Å²) in [5.41, 5.74) is 9.33. The van der Waals surface area contributed by atoms with E-state index in [0.29, 0.717) is 6.54 Å². The molecule has 0 radical (unpaired) electrons. The third-order valence-electron chi connectivity index (χ3n) is 2.97. The van der Waals surface area contributed by atoms with Gasteiger partial charge in [-0.05, 0) is 29.5 Å². The van der Waals surface area contributed by atoms with Crippen molar-refractivity contribution >= 4 is 10.9 Å². The van der Waals surface area contributed by atoms with E-state index >= 15 is 0 Å². The minimum atomic E-state index is 0.593. The van der Waals surface area contributed by atoms with E-state index in [4.69, 9.17) is 5.73 Å². The molecule has 0 fully saturated rings. The van der Waals surface area contributed by atoms with Gasteiger partial charge in [0.2, 0.25) is 0 Å². The molecule has 0 aliphatic heterocycles. The Labute approximate surface area is 96.4 Å². The molecule has 0 aliphatic carbocycles. The van der Waals surface area contributed by atoms with Crippen molar-refractivity contribution < 1.29 is 0 Å². The highest BCUT2D eigenvalue weighted by Gasteiger charge is 2.02. The van der Waals surface area contributed by atoms with Crippen LogP contribution in [0.5, 0.6) is 0 Å². The molecule has 2 heteroatoms. The Morgan fingerprint density at radius 3 is 2.88 bits per heavy atom. The van der Waals surface area contributed by atoms with E-state index in [1.54, 1.807) is 0 Å². The summed E-state index contributed by atoms with van der Waals surface area (Å²) in [5.74, 6) is 0. The first-order chi connectivity index (χ1) is 7.74. The first-order valence-electron chi connectivity index (χ1n) is 5.69. The Morgan fingerprint density at radius 1 is 1.38 bits per heavy atom. The van der Waals surface area contributed by atoms with Crippen LogP contribution in [0.4, 0.5) is 0 Å². The van der Waals surface area contributed by atoms with Crippen molar-refractivity contribution in [2.45, 2.75) is 26.4 Å². The molecular weight excluding hydrogens is 196 g/mol. The third kappa shape index (κ3) is 2.02. The normalized spacial score (nSPS) is 10.9. The van der Waals surface area contributed by atoms with Gasteiger partial charge < -0.3 is 10.3 Å². The molecule has 0 saturated heterocycles. The number of nitrogens with zero attached hydrogens (tertiary/aromatic N) is 1. The smallest absolute Gasteiger partial charge is 0.0486 e. The zero-order valence-corrected chi connectivity index (χ0v) is 9.74. The topological polar surface area (TPSA) is 30.9 Å². The van der Waals surface area contributed by atoms with Crippen molar-refractivity contribution in [3.05, 3.63) is 48.2 Å². The SMILES string of the molecule is C=C(CC)Cn1ccc2ccc(CN)cc21. The molecule has 2 N–H and O–H groups in total. The van der Waals surface area contributed by atoms with Gasteiger partial charge in [0, 0.05) is 24.8 Å². The lowest BCUT2D eigenvalue weighted by Gasteiger charge is -2.07. The van der Waals surface area contributed by atoms with Gasteiger partial charge in [-0.2, -0.15) is 0 Å². The van der Waals surface area contributed by atoms with E-state index < -0.39 is 0 Å². The van der Waals surface area contributed by atoms with Crippen molar-refractivity contribution in [1.29, 1.82) is 0 Å². The fourth-order valence-corrected chi connectivity index (χ4v) is 1.85. The summed E-state index contributed by atoms with van der Waals surface area (Å²) in [6.45, 7) is 7.68. The quantitative estimate of drug-likeness (QED) is 0.779. The molecule has 0 aliphatic rings. The molecule has 2 aromatic rings. The minimum Gasteiger partial charge on any atom is -0.343 e. The second-order valence-electron chi connectivity index (χ2n) is 4.14. The average molecular weight is 214 g/mol. The third-order valence-corrected chi connectivity index (χ3v) is 2.97. The van der Waals surface area contributed by atoms with Crippen molar-refractivity contribution in [1.82, 2.24) is 4.57 Å². The maximum Gasteiger partial charge on any atom is 0.0486 e. The molecule has 2 nitrogen and oxygen atoms in total. The van der Waals surface area contributed by atoms with Gasteiger partial charge in [0.25, 0.3) is 0 Å². The van der Waals surface area contributed by atoms with Crippen LogP contribution in [-0.2, 0) is 13.1 Å². The van der Waals surface area contributed by atoms with E-state index in [1.165, 1.54) is 22.0 Å². The van der Waals surface area contributed by atoms with Crippen molar-refractivity contribution in [2.24, 2.45) is 5.73 Å². The van der Waals surface area contributed by atoms with Crippen LogP contribution >= 0.6 is 0 Å². The molecule has 84 valence electrons. The van der Waals surface area contributed by atoms with Gasteiger partial charge in [0.15, 0.2) is 0 Å². The standard InChI is InChI=1S/C14H18N2/c1-3-11(2)10-16-7-6-13-5-4-12(9-15)8-14(13)16/h4-8H,2-3,9-10,15H2,1H3. The average Bonchev–Trinajstić information content (AvgIpc) is 2.71. The number of hydrogen-bond donors (Lipinski definition) is 1. The lowest BCUT2D eigenvalue weighted by atomic mass is 10.1. The zero-order chi connectivity index (χ0) is 11.5. The molecule has 0 saturated carbocycles. The van der Waals surface area contributed by atoms with Crippen LogP contribution in [0.2, 0.25) is 0 Å². The molecule has 1 heterocycles. The molecule has 1 aromatic carbocycles. The largest absolute Gasteiger partial charge is 0.343 e. The number of hydrogen-bond acceptors (Lipinski definition) is 1. The monoisotopic (exact) mass is 214 g/mol. The summed E-state index contributed by atoms with van der Waals surface area (Å²) in [6.07, 6.45) is 3.14. The fraction of sp³-hybridized carbons (Fsp3) is 0.286.